The SMILES string of the molecule is CCC(C)(NC(=O)CCn1nnc2ccccc2c1=O)C(=O)OC. The smallest absolute Gasteiger partial charge is 0.331 e. The number of hydrogen-bond acceptors (Lipinski definition) is 6. The van der Waals surface area contributed by atoms with Crippen molar-refractivity contribution < 1.29 is 14.3 Å². The van der Waals surface area contributed by atoms with Crippen LogP contribution in [0.2, 0.25) is 0 Å². The maximum absolute atomic E-state index is 12.3. The van der Waals surface area contributed by atoms with Gasteiger partial charge in [-0.15, -0.1) is 5.10 Å². The van der Waals surface area contributed by atoms with Crippen LogP contribution < -0.4 is 10.9 Å². The minimum Gasteiger partial charge on any atom is -0.467 e. The molecule has 8 nitrogen and oxygen atoms in total. The normalized spacial score (nSPS) is 13.3. The zero-order valence-corrected chi connectivity index (χ0v) is 13.9. The van der Waals surface area contributed by atoms with Crippen molar-refractivity contribution in [3.05, 3.63) is 34.6 Å². The Morgan fingerprint density at radius 3 is 2.71 bits per heavy atom. The van der Waals surface area contributed by atoms with Crippen molar-refractivity contribution in [3.8, 4) is 0 Å². The molecule has 24 heavy (non-hydrogen) atoms. The summed E-state index contributed by atoms with van der Waals surface area (Å²) in [6, 6.07) is 6.87. The summed E-state index contributed by atoms with van der Waals surface area (Å²) in [4.78, 5) is 36.2. The number of rotatable bonds is 6. The molecule has 0 fully saturated rings. The summed E-state index contributed by atoms with van der Waals surface area (Å²) in [5.74, 6) is -0.882. The highest BCUT2D eigenvalue weighted by Crippen LogP contribution is 2.11. The van der Waals surface area contributed by atoms with Crippen molar-refractivity contribution in [2.75, 3.05) is 7.11 Å². The molecule has 2 rings (SSSR count). The molecule has 0 saturated carbocycles. The minimum absolute atomic E-state index is 0.000485. The average Bonchev–Trinajstić information content (AvgIpc) is 2.60. The molecule has 0 saturated heterocycles. The fourth-order valence-electron chi connectivity index (χ4n) is 2.26. The number of esters is 1. The standard InChI is InChI=1S/C16H20N4O4/c1-4-16(2,15(23)24-3)17-13(21)9-10-20-14(22)11-7-5-6-8-12(11)18-19-20/h5-8H,4,9-10H2,1-3H3,(H,17,21). The summed E-state index contributed by atoms with van der Waals surface area (Å²) in [6.07, 6.45) is 0.390. The van der Waals surface area contributed by atoms with E-state index in [1.165, 1.54) is 7.11 Å². The van der Waals surface area contributed by atoms with Crippen LogP contribution in [0.3, 0.4) is 0 Å². The number of carbonyl (C=O) groups excluding carboxylic acids is 2. The number of ether oxygens (including phenoxy) is 1. The molecular weight excluding hydrogens is 312 g/mol. The van der Waals surface area contributed by atoms with E-state index in [0.717, 1.165) is 4.68 Å². The van der Waals surface area contributed by atoms with Gasteiger partial charge in [-0.2, -0.15) is 0 Å². The van der Waals surface area contributed by atoms with Gasteiger partial charge in [0.25, 0.3) is 5.56 Å². The van der Waals surface area contributed by atoms with Crippen LogP contribution in [-0.4, -0.2) is 39.5 Å². The molecule has 1 atom stereocenters. The van der Waals surface area contributed by atoms with Crippen molar-refractivity contribution >= 4 is 22.8 Å². The maximum Gasteiger partial charge on any atom is 0.331 e. The highest BCUT2D eigenvalue weighted by Gasteiger charge is 2.33. The second-order valence-corrected chi connectivity index (χ2v) is 5.61. The molecule has 1 aromatic heterocycles. The van der Waals surface area contributed by atoms with Crippen LogP contribution in [0, 0.1) is 0 Å². The Morgan fingerprint density at radius 1 is 1.33 bits per heavy atom. The molecule has 1 unspecified atom stereocenters. The fourth-order valence-corrected chi connectivity index (χ4v) is 2.26. The monoisotopic (exact) mass is 332 g/mol. The van der Waals surface area contributed by atoms with Crippen LogP contribution in [0.4, 0.5) is 0 Å². The number of carbonyl (C=O) groups is 2. The van der Waals surface area contributed by atoms with Gasteiger partial charge in [-0.1, -0.05) is 24.3 Å². The third kappa shape index (κ3) is 3.58. The number of hydrogen-bond donors (Lipinski definition) is 1. The maximum atomic E-state index is 12.3. The molecule has 1 heterocycles. The number of aromatic nitrogens is 3. The van der Waals surface area contributed by atoms with E-state index in [9.17, 15) is 14.4 Å². The van der Waals surface area contributed by atoms with Crippen LogP contribution in [0.15, 0.2) is 29.1 Å². The number of benzene rings is 1. The molecular formula is C16H20N4O4. The topological polar surface area (TPSA) is 103 Å². The predicted molar refractivity (Wildman–Crippen MR) is 87.3 cm³/mol. The highest BCUT2D eigenvalue weighted by molar-refractivity contribution is 5.87. The number of nitrogens with zero attached hydrogens (tertiary/aromatic N) is 3. The lowest BCUT2D eigenvalue weighted by molar-refractivity contribution is -0.150. The summed E-state index contributed by atoms with van der Waals surface area (Å²) in [6.45, 7) is 3.44. The van der Waals surface area contributed by atoms with Gasteiger partial charge in [0.1, 0.15) is 11.1 Å². The second-order valence-electron chi connectivity index (χ2n) is 5.61. The highest BCUT2D eigenvalue weighted by atomic mass is 16.5. The molecule has 0 bridgehead atoms. The van der Waals surface area contributed by atoms with Gasteiger partial charge in [0.15, 0.2) is 0 Å². The van der Waals surface area contributed by atoms with Gasteiger partial charge in [-0.25, -0.2) is 9.48 Å². The van der Waals surface area contributed by atoms with Crippen molar-refractivity contribution in [2.45, 2.75) is 38.8 Å². The van der Waals surface area contributed by atoms with Crippen molar-refractivity contribution in [2.24, 2.45) is 0 Å². The average molecular weight is 332 g/mol. The Balaban J connectivity index is 2.08. The van der Waals surface area contributed by atoms with Crippen molar-refractivity contribution in [1.82, 2.24) is 20.3 Å². The molecule has 0 aliphatic rings. The largest absolute Gasteiger partial charge is 0.467 e. The Labute approximate surface area is 138 Å². The molecule has 2 aromatic rings. The lowest BCUT2D eigenvalue weighted by Gasteiger charge is -2.26. The van der Waals surface area contributed by atoms with Crippen molar-refractivity contribution in [1.29, 1.82) is 0 Å². The van der Waals surface area contributed by atoms with Crippen LogP contribution in [0.25, 0.3) is 10.9 Å². The van der Waals surface area contributed by atoms with E-state index >= 15 is 0 Å². The molecule has 0 aliphatic carbocycles. The molecule has 8 heteroatoms. The van der Waals surface area contributed by atoms with Gasteiger partial charge in [-0.3, -0.25) is 9.59 Å². The van der Waals surface area contributed by atoms with E-state index in [-0.39, 0.29) is 24.4 Å². The summed E-state index contributed by atoms with van der Waals surface area (Å²) in [7, 11) is 1.27. The molecule has 0 spiro atoms. The Bertz CT molecular complexity index is 817. The van der Waals surface area contributed by atoms with Crippen LogP contribution in [0.1, 0.15) is 26.7 Å². The molecule has 0 aliphatic heterocycles. The minimum atomic E-state index is -1.09. The lowest BCUT2D eigenvalue weighted by atomic mass is 9.99. The quantitative estimate of drug-likeness (QED) is 0.779. The second kappa shape index (κ2) is 7.20. The third-order valence-corrected chi connectivity index (χ3v) is 3.94. The Hall–Kier alpha value is -2.77. The Kier molecular flexibility index (Phi) is 5.28. The first-order valence-corrected chi connectivity index (χ1v) is 7.63. The summed E-state index contributed by atoms with van der Waals surface area (Å²) in [5.41, 5.74) is -0.890. The number of fused-ring (bicyclic) bond motifs is 1. The predicted octanol–water partition coefficient (Wildman–Crippen LogP) is 0.639. The first kappa shape index (κ1) is 17.6. The van der Waals surface area contributed by atoms with Crippen LogP contribution in [0.5, 0.6) is 0 Å². The summed E-state index contributed by atoms with van der Waals surface area (Å²) in [5, 5.41) is 10.9. The lowest BCUT2D eigenvalue weighted by Crippen LogP contribution is -2.52. The zero-order valence-electron chi connectivity index (χ0n) is 13.9. The van der Waals surface area contributed by atoms with Crippen molar-refractivity contribution in [3.63, 3.8) is 0 Å². The van der Waals surface area contributed by atoms with Gasteiger partial charge >= 0.3 is 5.97 Å². The number of methoxy groups -OCH3 is 1. The molecule has 1 amide bonds. The van der Waals surface area contributed by atoms with E-state index < -0.39 is 11.5 Å². The van der Waals surface area contributed by atoms with E-state index in [4.69, 9.17) is 4.74 Å². The summed E-state index contributed by atoms with van der Waals surface area (Å²) < 4.78 is 5.85. The molecule has 1 aromatic carbocycles. The Morgan fingerprint density at radius 2 is 2.04 bits per heavy atom. The summed E-state index contributed by atoms with van der Waals surface area (Å²) >= 11 is 0. The van der Waals surface area contributed by atoms with Gasteiger partial charge in [0.2, 0.25) is 5.91 Å². The molecule has 0 radical (unpaired) electrons. The van der Waals surface area contributed by atoms with E-state index in [1.54, 1.807) is 38.1 Å². The van der Waals surface area contributed by atoms with Crippen LogP contribution in [-0.2, 0) is 20.9 Å². The van der Waals surface area contributed by atoms with Gasteiger partial charge in [-0.05, 0) is 25.5 Å². The molecule has 1 N–H and O–H groups in total. The van der Waals surface area contributed by atoms with E-state index in [2.05, 4.69) is 15.6 Å². The van der Waals surface area contributed by atoms with Gasteiger partial charge < -0.3 is 10.1 Å². The van der Waals surface area contributed by atoms with Gasteiger partial charge in [0, 0.05) is 6.42 Å². The third-order valence-electron chi connectivity index (χ3n) is 3.94. The molecule has 128 valence electrons. The first-order valence-electron chi connectivity index (χ1n) is 7.63. The van der Waals surface area contributed by atoms with E-state index in [1.807, 2.05) is 0 Å². The van der Waals surface area contributed by atoms with Crippen LogP contribution >= 0.6 is 0 Å². The van der Waals surface area contributed by atoms with E-state index in [0.29, 0.717) is 17.3 Å². The van der Waals surface area contributed by atoms with Gasteiger partial charge in [0.05, 0.1) is 19.0 Å². The number of aryl methyl sites for hydroxylation is 1. The fraction of sp³-hybridized carbons (Fsp3) is 0.438. The number of nitrogens with one attached hydrogen (secondary N) is 1. The zero-order chi connectivity index (χ0) is 17.7. The number of amides is 1. The first-order chi connectivity index (χ1) is 11.4.